The highest BCUT2D eigenvalue weighted by molar-refractivity contribution is 7.10. The van der Waals surface area contributed by atoms with Crippen molar-refractivity contribution in [3.8, 4) is 11.8 Å². The van der Waals surface area contributed by atoms with Crippen molar-refractivity contribution < 1.29 is 14.6 Å². The number of ether oxygens (including phenoxy) is 1. The Balaban J connectivity index is 1.88. The fraction of sp³-hybridized carbons (Fsp3) is 0.562. The highest BCUT2D eigenvalue weighted by atomic mass is 32.1. The largest absolute Gasteiger partial charge is 0.395 e. The molecule has 0 saturated carbocycles. The third-order valence-corrected chi connectivity index (χ3v) is 4.36. The van der Waals surface area contributed by atoms with E-state index in [9.17, 15) is 4.79 Å². The van der Waals surface area contributed by atoms with Crippen molar-refractivity contribution >= 4 is 17.2 Å². The van der Waals surface area contributed by atoms with E-state index in [4.69, 9.17) is 9.84 Å². The van der Waals surface area contributed by atoms with Crippen molar-refractivity contribution in [3.05, 3.63) is 21.9 Å². The van der Waals surface area contributed by atoms with Crippen LogP contribution in [-0.2, 0) is 16.1 Å². The standard InChI is InChI=1S/C16H21NO3S/c1-17(16(19)14-5-8-20-9-6-14)11-13-10-15(21-12-13)4-2-3-7-18/h10,12,14,18H,3,5-9,11H2,1H3. The van der Waals surface area contributed by atoms with Crippen molar-refractivity contribution in [2.24, 2.45) is 5.92 Å². The maximum atomic E-state index is 12.3. The summed E-state index contributed by atoms with van der Waals surface area (Å²) in [5, 5.41) is 10.7. The first-order valence-corrected chi connectivity index (χ1v) is 8.08. The van der Waals surface area contributed by atoms with E-state index in [0.29, 0.717) is 26.2 Å². The number of thiophene rings is 1. The molecule has 0 atom stereocenters. The molecule has 2 heterocycles. The maximum absolute atomic E-state index is 12.3. The lowest BCUT2D eigenvalue weighted by Crippen LogP contribution is -2.35. The van der Waals surface area contributed by atoms with Gasteiger partial charge in [-0.15, -0.1) is 11.3 Å². The van der Waals surface area contributed by atoms with E-state index in [2.05, 4.69) is 11.8 Å². The Morgan fingerprint density at radius 3 is 3.00 bits per heavy atom. The lowest BCUT2D eigenvalue weighted by molar-refractivity contribution is -0.137. The smallest absolute Gasteiger partial charge is 0.225 e. The molecule has 1 fully saturated rings. The van der Waals surface area contributed by atoms with E-state index >= 15 is 0 Å². The molecule has 21 heavy (non-hydrogen) atoms. The van der Waals surface area contributed by atoms with Gasteiger partial charge in [0.05, 0.1) is 11.5 Å². The minimum atomic E-state index is 0.0908. The molecule has 0 bridgehead atoms. The second kappa shape index (κ2) is 8.18. The summed E-state index contributed by atoms with van der Waals surface area (Å²) in [6, 6.07) is 2.02. The molecular formula is C16H21NO3S. The van der Waals surface area contributed by atoms with Crippen LogP contribution in [0.2, 0.25) is 0 Å². The molecule has 0 radical (unpaired) electrons. The van der Waals surface area contributed by atoms with Crippen molar-refractivity contribution in [2.45, 2.75) is 25.8 Å². The number of hydrogen-bond donors (Lipinski definition) is 1. The summed E-state index contributed by atoms with van der Waals surface area (Å²) in [5.41, 5.74) is 1.11. The molecule has 1 aromatic rings. The highest BCUT2D eigenvalue weighted by Crippen LogP contribution is 2.20. The second-order valence-electron chi connectivity index (χ2n) is 5.18. The monoisotopic (exact) mass is 307 g/mol. The number of aliphatic hydroxyl groups is 1. The van der Waals surface area contributed by atoms with Crippen LogP contribution in [0, 0.1) is 17.8 Å². The van der Waals surface area contributed by atoms with Crippen molar-refractivity contribution in [2.75, 3.05) is 26.9 Å². The number of hydrogen-bond acceptors (Lipinski definition) is 4. The number of aliphatic hydroxyl groups excluding tert-OH is 1. The SMILES string of the molecule is CN(Cc1csc(C#CCCO)c1)C(=O)C1CCOCC1. The van der Waals surface area contributed by atoms with Gasteiger partial charge >= 0.3 is 0 Å². The lowest BCUT2D eigenvalue weighted by atomic mass is 9.99. The summed E-state index contributed by atoms with van der Waals surface area (Å²) in [6.45, 7) is 2.09. The van der Waals surface area contributed by atoms with E-state index in [1.54, 1.807) is 16.2 Å². The van der Waals surface area contributed by atoms with Crippen LogP contribution >= 0.6 is 11.3 Å². The average Bonchev–Trinajstić information content (AvgIpc) is 2.95. The van der Waals surface area contributed by atoms with E-state index in [0.717, 1.165) is 23.3 Å². The lowest BCUT2D eigenvalue weighted by Gasteiger charge is -2.26. The molecule has 1 saturated heterocycles. The summed E-state index contributed by atoms with van der Waals surface area (Å²) in [4.78, 5) is 15.1. The third-order valence-electron chi connectivity index (χ3n) is 3.47. The molecule has 5 heteroatoms. The maximum Gasteiger partial charge on any atom is 0.225 e. The summed E-state index contributed by atoms with van der Waals surface area (Å²) < 4.78 is 5.30. The zero-order valence-electron chi connectivity index (χ0n) is 12.3. The quantitative estimate of drug-likeness (QED) is 0.864. The van der Waals surface area contributed by atoms with Crippen molar-refractivity contribution in [1.29, 1.82) is 0 Å². The van der Waals surface area contributed by atoms with Gasteiger partial charge in [-0.3, -0.25) is 4.79 Å². The molecule has 0 aromatic carbocycles. The van der Waals surface area contributed by atoms with Crippen LogP contribution in [0.15, 0.2) is 11.4 Å². The normalized spacial score (nSPS) is 15.3. The Bertz CT molecular complexity index is 523. The Morgan fingerprint density at radius 2 is 2.29 bits per heavy atom. The van der Waals surface area contributed by atoms with Crippen LogP contribution < -0.4 is 0 Å². The first kappa shape index (κ1) is 16.0. The molecular weight excluding hydrogens is 286 g/mol. The summed E-state index contributed by atoms with van der Waals surface area (Å²) in [5.74, 6) is 6.24. The first-order chi connectivity index (χ1) is 10.2. The molecule has 2 rings (SSSR count). The molecule has 1 aliphatic heterocycles. The molecule has 1 amide bonds. The zero-order chi connectivity index (χ0) is 15.1. The van der Waals surface area contributed by atoms with E-state index in [1.807, 2.05) is 18.5 Å². The Morgan fingerprint density at radius 1 is 1.52 bits per heavy atom. The predicted octanol–water partition coefficient (Wildman–Crippen LogP) is 1.87. The van der Waals surface area contributed by atoms with E-state index < -0.39 is 0 Å². The molecule has 0 spiro atoms. The number of carbonyl (C=O) groups is 1. The number of rotatable bonds is 4. The van der Waals surface area contributed by atoms with Gasteiger partial charge in [-0.1, -0.05) is 11.8 Å². The molecule has 0 unspecified atom stereocenters. The van der Waals surface area contributed by atoms with Gasteiger partial charge in [-0.25, -0.2) is 0 Å². The predicted molar refractivity (Wildman–Crippen MR) is 82.9 cm³/mol. The molecule has 1 aliphatic rings. The molecule has 4 nitrogen and oxygen atoms in total. The molecule has 1 aromatic heterocycles. The van der Waals surface area contributed by atoms with Gasteiger partial charge in [-0.05, 0) is 29.9 Å². The molecule has 114 valence electrons. The topological polar surface area (TPSA) is 49.8 Å². The summed E-state index contributed by atoms with van der Waals surface area (Å²) in [7, 11) is 1.85. The highest BCUT2D eigenvalue weighted by Gasteiger charge is 2.24. The van der Waals surface area contributed by atoms with Crippen LogP contribution in [0.1, 0.15) is 29.7 Å². The summed E-state index contributed by atoms with van der Waals surface area (Å²) >= 11 is 1.58. The molecule has 0 aliphatic carbocycles. The van der Waals surface area contributed by atoms with Gasteiger partial charge in [0.1, 0.15) is 0 Å². The van der Waals surface area contributed by atoms with E-state index in [-0.39, 0.29) is 18.4 Å². The van der Waals surface area contributed by atoms with Crippen LogP contribution in [0.25, 0.3) is 0 Å². The third kappa shape index (κ3) is 4.85. The van der Waals surface area contributed by atoms with Gasteiger partial charge in [-0.2, -0.15) is 0 Å². The molecule has 1 N–H and O–H groups in total. The minimum absolute atomic E-state index is 0.0908. The Hall–Kier alpha value is -1.35. The van der Waals surface area contributed by atoms with Crippen LogP contribution in [0.4, 0.5) is 0 Å². The van der Waals surface area contributed by atoms with Crippen molar-refractivity contribution in [1.82, 2.24) is 4.90 Å². The Labute approximate surface area is 129 Å². The first-order valence-electron chi connectivity index (χ1n) is 7.20. The van der Waals surface area contributed by atoms with Gasteiger partial charge < -0.3 is 14.7 Å². The number of nitrogens with zero attached hydrogens (tertiary/aromatic N) is 1. The van der Waals surface area contributed by atoms with Crippen LogP contribution in [0.3, 0.4) is 0 Å². The van der Waals surface area contributed by atoms with Gasteiger partial charge in [0.25, 0.3) is 0 Å². The Kier molecular flexibility index (Phi) is 6.24. The van der Waals surface area contributed by atoms with Gasteiger partial charge in [0, 0.05) is 39.1 Å². The van der Waals surface area contributed by atoms with E-state index in [1.165, 1.54) is 0 Å². The fourth-order valence-electron chi connectivity index (χ4n) is 2.34. The minimum Gasteiger partial charge on any atom is -0.395 e. The van der Waals surface area contributed by atoms with Crippen molar-refractivity contribution in [3.63, 3.8) is 0 Å². The zero-order valence-corrected chi connectivity index (χ0v) is 13.1. The average molecular weight is 307 g/mol. The van der Waals surface area contributed by atoms with Gasteiger partial charge in [0.2, 0.25) is 5.91 Å². The number of amides is 1. The summed E-state index contributed by atoms with van der Waals surface area (Å²) in [6.07, 6.45) is 2.14. The number of carbonyl (C=O) groups excluding carboxylic acids is 1. The van der Waals surface area contributed by atoms with Crippen LogP contribution in [0.5, 0.6) is 0 Å². The van der Waals surface area contributed by atoms with Gasteiger partial charge in [0.15, 0.2) is 0 Å². The fourth-order valence-corrected chi connectivity index (χ4v) is 3.11. The van der Waals surface area contributed by atoms with Crippen LogP contribution in [-0.4, -0.2) is 42.8 Å². The second-order valence-corrected chi connectivity index (χ2v) is 6.09.